The minimum Gasteiger partial charge on any atom is -0.379 e. The molecule has 0 aromatic carbocycles. The van der Waals surface area contributed by atoms with Crippen LogP contribution in [0.1, 0.15) is 23.0 Å². The number of rotatable bonds is 8. The van der Waals surface area contributed by atoms with Crippen molar-refractivity contribution in [3.63, 3.8) is 0 Å². The molecule has 166 valence electrons. The van der Waals surface area contributed by atoms with Crippen LogP contribution in [0.25, 0.3) is 0 Å². The van der Waals surface area contributed by atoms with E-state index < -0.39 is 6.04 Å². The maximum Gasteiger partial charge on any atom is 0.264 e. The van der Waals surface area contributed by atoms with Crippen LogP contribution in [0.2, 0.25) is 0 Å². The van der Waals surface area contributed by atoms with Crippen molar-refractivity contribution in [2.45, 2.75) is 25.4 Å². The maximum absolute atomic E-state index is 13.3. The van der Waals surface area contributed by atoms with Gasteiger partial charge in [0, 0.05) is 52.7 Å². The molecule has 3 rings (SSSR count). The molecule has 1 aromatic heterocycles. The van der Waals surface area contributed by atoms with Gasteiger partial charge in [-0.2, -0.15) is 0 Å². The van der Waals surface area contributed by atoms with Gasteiger partial charge >= 0.3 is 0 Å². The fourth-order valence-electron chi connectivity index (χ4n) is 4.02. The third-order valence-corrected chi connectivity index (χ3v) is 6.48. The lowest BCUT2D eigenvalue weighted by molar-refractivity contribution is -0.136. The number of morpholine rings is 1. The molecule has 3 N–H and O–H groups in total. The standard InChI is InChI=1S/C20H31N5O4S/c1-15(26)25-14-16(13-17(25)19(27)22-5-4-21)24(20(28)18-3-2-12-30-18)7-6-23-8-10-29-11-9-23/h2-3,12,16-17H,4-11,13-14,21H2,1H3,(H,22,27). The molecular weight excluding hydrogens is 406 g/mol. The Labute approximate surface area is 181 Å². The summed E-state index contributed by atoms with van der Waals surface area (Å²) in [6.07, 6.45) is 0.427. The molecule has 1 aromatic rings. The lowest BCUT2D eigenvalue weighted by Crippen LogP contribution is -2.47. The van der Waals surface area contributed by atoms with Crippen LogP contribution < -0.4 is 11.1 Å². The maximum atomic E-state index is 13.3. The van der Waals surface area contributed by atoms with Crippen LogP contribution in [-0.2, 0) is 14.3 Å². The van der Waals surface area contributed by atoms with E-state index in [0.717, 1.165) is 19.6 Å². The number of thiophene rings is 1. The van der Waals surface area contributed by atoms with E-state index in [9.17, 15) is 14.4 Å². The Kier molecular flexibility index (Phi) is 8.20. The van der Waals surface area contributed by atoms with Crippen LogP contribution in [0.4, 0.5) is 0 Å². The number of nitrogens with zero attached hydrogens (tertiary/aromatic N) is 3. The first kappa shape index (κ1) is 22.7. The molecule has 2 saturated heterocycles. The molecule has 2 unspecified atom stereocenters. The second kappa shape index (κ2) is 10.9. The minimum absolute atomic E-state index is 0.0465. The highest BCUT2D eigenvalue weighted by Gasteiger charge is 2.42. The molecular formula is C20H31N5O4S. The fraction of sp³-hybridized carbons (Fsp3) is 0.650. The zero-order valence-corrected chi connectivity index (χ0v) is 18.2. The first-order chi connectivity index (χ1) is 14.5. The molecule has 2 fully saturated rings. The minimum atomic E-state index is -0.582. The first-order valence-electron chi connectivity index (χ1n) is 10.4. The van der Waals surface area contributed by atoms with E-state index in [0.29, 0.717) is 50.7 Å². The van der Waals surface area contributed by atoms with Gasteiger partial charge in [0.25, 0.3) is 5.91 Å². The topological polar surface area (TPSA) is 108 Å². The molecule has 0 radical (unpaired) electrons. The van der Waals surface area contributed by atoms with Crippen molar-refractivity contribution < 1.29 is 19.1 Å². The van der Waals surface area contributed by atoms with Crippen molar-refractivity contribution >= 4 is 29.1 Å². The zero-order chi connectivity index (χ0) is 21.5. The van der Waals surface area contributed by atoms with Gasteiger partial charge in [-0.3, -0.25) is 19.3 Å². The first-order valence-corrected chi connectivity index (χ1v) is 11.3. The summed E-state index contributed by atoms with van der Waals surface area (Å²) in [6, 6.07) is 2.88. The van der Waals surface area contributed by atoms with Gasteiger partial charge in [-0.25, -0.2) is 0 Å². The summed E-state index contributed by atoms with van der Waals surface area (Å²) in [7, 11) is 0. The van der Waals surface area contributed by atoms with Crippen LogP contribution in [0.3, 0.4) is 0 Å². The number of carbonyl (C=O) groups is 3. The largest absolute Gasteiger partial charge is 0.379 e. The molecule has 0 saturated carbocycles. The summed E-state index contributed by atoms with van der Waals surface area (Å²) >= 11 is 1.41. The summed E-state index contributed by atoms with van der Waals surface area (Å²) < 4.78 is 5.41. The predicted molar refractivity (Wildman–Crippen MR) is 114 cm³/mol. The molecule has 3 heterocycles. The average Bonchev–Trinajstić information content (AvgIpc) is 3.43. The van der Waals surface area contributed by atoms with Crippen molar-refractivity contribution in [1.29, 1.82) is 0 Å². The van der Waals surface area contributed by atoms with E-state index in [1.54, 1.807) is 4.90 Å². The van der Waals surface area contributed by atoms with Crippen molar-refractivity contribution in [2.75, 3.05) is 59.0 Å². The Morgan fingerprint density at radius 1 is 1.33 bits per heavy atom. The third-order valence-electron chi connectivity index (χ3n) is 5.62. The summed E-state index contributed by atoms with van der Waals surface area (Å²) in [5, 5.41) is 4.66. The Morgan fingerprint density at radius 3 is 2.73 bits per heavy atom. The Hall–Kier alpha value is -2.01. The van der Waals surface area contributed by atoms with Crippen molar-refractivity contribution in [2.24, 2.45) is 5.73 Å². The van der Waals surface area contributed by atoms with Gasteiger partial charge < -0.3 is 25.6 Å². The van der Waals surface area contributed by atoms with Crippen molar-refractivity contribution in [3.05, 3.63) is 22.4 Å². The van der Waals surface area contributed by atoms with Gasteiger partial charge in [0.05, 0.1) is 24.1 Å². The van der Waals surface area contributed by atoms with E-state index in [-0.39, 0.29) is 23.8 Å². The monoisotopic (exact) mass is 437 g/mol. The average molecular weight is 438 g/mol. The van der Waals surface area contributed by atoms with Crippen LogP contribution in [0.15, 0.2) is 17.5 Å². The zero-order valence-electron chi connectivity index (χ0n) is 17.4. The molecule has 0 spiro atoms. The smallest absolute Gasteiger partial charge is 0.264 e. The van der Waals surface area contributed by atoms with E-state index in [1.165, 1.54) is 18.3 Å². The fourth-order valence-corrected chi connectivity index (χ4v) is 4.69. The lowest BCUT2D eigenvalue weighted by atomic mass is 10.1. The molecule has 9 nitrogen and oxygen atoms in total. The normalized spacial score (nSPS) is 22.1. The molecule has 2 aliphatic rings. The van der Waals surface area contributed by atoms with Gasteiger partial charge in [0.15, 0.2) is 0 Å². The van der Waals surface area contributed by atoms with Crippen LogP contribution >= 0.6 is 11.3 Å². The number of hydrogen-bond acceptors (Lipinski definition) is 7. The molecule has 10 heteroatoms. The number of nitrogens with two attached hydrogens (primary N) is 1. The van der Waals surface area contributed by atoms with Gasteiger partial charge in [0.2, 0.25) is 11.8 Å². The Bertz CT molecular complexity index is 723. The summed E-state index contributed by atoms with van der Waals surface area (Å²) in [5.74, 6) is -0.424. The number of likely N-dealkylation sites (tertiary alicyclic amines) is 1. The second-order valence-electron chi connectivity index (χ2n) is 7.59. The molecule has 0 bridgehead atoms. The van der Waals surface area contributed by atoms with Gasteiger partial charge in [-0.1, -0.05) is 6.07 Å². The molecule has 0 aliphatic carbocycles. The Morgan fingerprint density at radius 2 is 2.10 bits per heavy atom. The highest BCUT2D eigenvalue weighted by atomic mass is 32.1. The highest BCUT2D eigenvalue weighted by molar-refractivity contribution is 7.12. The molecule has 2 atom stereocenters. The predicted octanol–water partition coefficient (Wildman–Crippen LogP) is -0.413. The van der Waals surface area contributed by atoms with Crippen LogP contribution in [0.5, 0.6) is 0 Å². The van der Waals surface area contributed by atoms with Gasteiger partial charge in [0.1, 0.15) is 6.04 Å². The summed E-state index contributed by atoms with van der Waals surface area (Å²) in [6.45, 7) is 6.88. The number of carbonyl (C=O) groups excluding carboxylic acids is 3. The molecule has 30 heavy (non-hydrogen) atoms. The van der Waals surface area contributed by atoms with E-state index >= 15 is 0 Å². The van der Waals surface area contributed by atoms with Crippen molar-refractivity contribution in [1.82, 2.24) is 20.0 Å². The lowest BCUT2D eigenvalue weighted by Gasteiger charge is -2.33. The summed E-state index contributed by atoms with van der Waals surface area (Å²) in [4.78, 5) is 44.4. The van der Waals surface area contributed by atoms with Gasteiger partial charge in [-0.05, 0) is 17.9 Å². The van der Waals surface area contributed by atoms with Crippen LogP contribution in [0, 0.1) is 0 Å². The van der Waals surface area contributed by atoms with E-state index in [1.807, 2.05) is 22.4 Å². The molecule has 2 aliphatic heterocycles. The van der Waals surface area contributed by atoms with E-state index in [4.69, 9.17) is 10.5 Å². The highest BCUT2D eigenvalue weighted by Crippen LogP contribution is 2.25. The molecule has 3 amide bonds. The van der Waals surface area contributed by atoms with Gasteiger partial charge in [-0.15, -0.1) is 11.3 Å². The van der Waals surface area contributed by atoms with Crippen molar-refractivity contribution in [3.8, 4) is 0 Å². The second-order valence-corrected chi connectivity index (χ2v) is 8.53. The van der Waals surface area contributed by atoms with Crippen LogP contribution in [-0.4, -0.2) is 104 Å². The number of amides is 3. The Balaban J connectivity index is 1.74. The third kappa shape index (κ3) is 5.57. The SMILES string of the molecule is CC(=O)N1CC(N(CCN2CCOCC2)C(=O)c2cccs2)CC1C(=O)NCCN. The number of nitrogens with one attached hydrogen (secondary N) is 1. The quantitative estimate of drug-likeness (QED) is 0.572. The summed E-state index contributed by atoms with van der Waals surface area (Å²) in [5.41, 5.74) is 5.49. The number of ether oxygens (including phenoxy) is 1. The number of hydrogen-bond donors (Lipinski definition) is 2. The van der Waals surface area contributed by atoms with E-state index in [2.05, 4.69) is 10.2 Å².